The highest BCUT2D eigenvalue weighted by Crippen LogP contribution is 2.26. The molecule has 0 aliphatic rings. The highest BCUT2D eigenvalue weighted by molar-refractivity contribution is 5.96. The van der Waals surface area contributed by atoms with Crippen LogP contribution in [0.4, 0.5) is 4.39 Å². The summed E-state index contributed by atoms with van der Waals surface area (Å²) in [4.78, 5) is 25.0. The zero-order valence-electron chi connectivity index (χ0n) is 22.4. The minimum Gasteiger partial charge on any atom is -0.481 e. The minimum absolute atomic E-state index is 0.0619. The number of carbonyl (C=O) groups excluding carboxylic acids is 1. The van der Waals surface area contributed by atoms with Crippen LogP contribution in [0.1, 0.15) is 70.9 Å². The molecule has 0 spiro atoms. The van der Waals surface area contributed by atoms with Gasteiger partial charge in [-0.3, -0.25) is 9.59 Å². The van der Waals surface area contributed by atoms with Gasteiger partial charge in [-0.05, 0) is 85.0 Å². The fraction of sp³-hybridized carbons (Fsp3) is 0.312. The van der Waals surface area contributed by atoms with Crippen molar-refractivity contribution in [3.05, 3.63) is 106 Å². The predicted molar refractivity (Wildman–Crippen MR) is 149 cm³/mol. The van der Waals surface area contributed by atoms with Gasteiger partial charge in [-0.1, -0.05) is 55.3 Å². The van der Waals surface area contributed by atoms with E-state index in [0.717, 1.165) is 39.6 Å². The molecule has 0 aliphatic carbocycles. The summed E-state index contributed by atoms with van der Waals surface area (Å²) in [5, 5.41) is 13.4. The standard InChI is InChI=1S/C32H35FN2O3/c1-20(2)13-29(26-15-21(3)14-22(4)16-26)34-32(38)28-17-23(5-6-24(28)8-10-31(36)37)19-35-12-11-25-7-9-27(33)18-30(25)35/h5-7,9,11-12,14-18,20,29H,8,10,13,19H2,1-4H3,(H,34,38)(H,36,37)/t29-/m1/s1. The van der Waals surface area contributed by atoms with Crippen LogP contribution in [0, 0.1) is 25.6 Å². The molecule has 4 rings (SSSR count). The first kappa shape index (κ1) is 27.1. The molecule has 0 saturated heterocycles. The number of amides is 1. The SMILES string of the molecule is Cc1cc(C)cc([C@@H](CC(C)C)NC(=O)c2cc(Cn3ccc4ccc(F)cc43)ccc2CCC(=O)O)c1. The largest absolute Gasteiger partial charge is 0.481 e. The van der Waals surface area contributed by atoms with E-state index in [1.807, 2.05) is 35.0 Å². The zero-order valence-corrected chi connectivity index (χ0v) is 22.4. The summed E-state index contributed by atoms with van der Waals surface area (Å²) < 4.78 is 15.8. The first-order valence-electron chi connectivity index (χ1n) is 13.1. The van der Waals surface area contributed by atoms with E-state index >= 15 is 0 Å². The minimum atomic E-state index is -0.908. The Morgan fingerprint density at radius 2 is 1.71 bits per heavy atom. The van der Waals surface area contributed by atoms with Crippen molar-refractivity contribution in [1.82, 2.24) is 9.88 Å². The second kappa shape index (κ2) is 11.6. The molecule has 3 aromatic carbocycles. The predicted octanol–water partition coefficient (Wildman–Crippen LogP) is 6.98. The average Bonchev–Trinajstić information content (AvgIpc) is 3.23. The maximum absolute atomic E-state index is 13.9. The van der Waals surface area contributed by atoms with Gasteiger partial charge >= 0.3 is 5.97 Å². The number of benzene rings is 3. The number of nitrogens with zero attached hydrogens (tertiary/aromatic N) is 1. The lowest BCUT2D eigenvalue weighted by Crippen LogP contribution is -2.30. The lowest BCUT2D eigenvalue weighted by atomic mass is 9.93. The van der Waals surface area contributed by atoms with E-state index in [4.69, 9.17) is 0 Å². The molecule has 1 atom stereocenters. The number of aliphatic carboxylic acids is 1. The van der Waals surface area contributed by atoms with Gasteiger partial charge in [0.05, 0.1) is 11.6 Å². The smallest absolute Gasteiger partial charge is 0.303 e. The highest BCUT2D eigenvalue weighted by Gasteiger charge is 2.21. The molecular formula is C32H35FN2O3. The van der Waals surface area contributed by atoms with Crippen LogP contribution in [0.15, 0.2) is 66.9 Å². The molecule has 0 radical (unpaired) electrons. The van der Waals surface area contributed by atoms with Crippen LogP contribution in [0.2, 0.25) is 0 Å². The van der Waals surface area contributed by atoms with Gasteiger partial charge in [0, 0.05) is 24.7 Å². The summed E-state index contributed by atoms with van der Waals surface area (Å²) in [7, 11) is 0. The van der Waals surface area contributed by atoms with Crippen molar-refractivity contribution in [2.24, 2.45) is 5.92 Å². The van der Waals surface area contributed by atoms with E-state index in [9.17, 15) is 19.1 Å². The lowest BCUT2D eigenvalue weighted by Gasteiger charge is -2.23. The van der Waals surface area contributed by atoms with Gasteiger partial charge in [-0.2, -0.15) is 0 Å². The molecule has 0 aliphatic heterocycles. The van der Waals surface area contributed by atoms with Crippen LogP contribution in [-0.4, -0.2) is 21.6 Å². The number of aromatic nitrogens is 1. The van der Waals surface area contributed by atoms with Crippen molar-refractivity contribution in [1.29, 1.82) is 0 Å². The normalized spacial score (nSPS) is 12.2. The number of hydrogen-bond acceptors (Lipinski definition) is 2. The Bertz CT molecular complexity index is 1450. The van der Waals surface area contributed by atoms with Gasteiger partial charge < -0.3 is 15.0 Å². The quantitative estimate of drug-likeness (QED) is 0.240. The Morgan fingerprint density at radius 3 is 2.39 bits per heavy atom. The molecule has 198 valence electrons. The molecule has 6 heteroatoms. The maximum atomic E-state index is 13.9. The van der Waals surface area contributed by atoms with E-state index in [2.05, 4.69) is 51.2 Å². The van der Waals surface area contributed by atoms with E-state index in [1.54, 1.807) is 6.07 Å². The van der Waals surface area contributed by atoms with Gasteiger partial charge in [-0.25, -0.2) is 4.39 Å². The van der Waals surface area contributed by atoms with Gasteiger partial charge in [0.15, 0.2) is 0 Å². The van der Waals surface area contributed by atoms with E-state index < -0.39 is 5.97 Å². The number of carbonyl (C=O) groups is 2. The third-order valence-corrected chi connectivity index (χ3v) is 6.77. The number of fused-ring (bicyclic) bond motifs is 1. The summed E-state index contributed by atoms with van der Waals surface area (Å²) in [6.45, 7) is 8.82. The van der Waals surface area contributed by atoms with Crippen molar-refractivity contribution < 1.29 is 19.1 Å². The fourth-order valence-corrected chi connectivity index (χ4v) is 5.08. The van der Waals surface area contributed by atoms with Crippen molar-refractivity contribution in [3.63, 3.8) is 0 Å². The summed E-state index contributed by atoms with van der Waals surface area (Å²) >= 11 is 0. The van der Waals surface area contributed by atoms with Crippen LogP contribution >= 0.6 is 0 Å². The Labute approximate surface area is 223 Å². The Kier molecular flexibility index (Phi) is 8.30. The molecule has 2 N–H and O–H groups in total. The lowest BCUT2D eigenvalue weighted by molar-refractivity contribution is -0.136. The number of halogens is 1. The van der Waals surface area contributed by atoms with Crippen LogP contribution in [0.5, 0.6) is 0 Å². The highest BCUT2D eigenvalue weighted by atomic mass is 19.1. The maximum Gasteiger partial charge on any atom is 0.303 e. The van der Waals surface area contributed by atoms with E-state index in [0.29, 0.717) is 23.6 Å². The molecular weight excluding hydrogens is 479 g/mol. The molecule has 5 nitrogen and oxygen atoms in total. The number of nitrogens with one attached hydrogen (secondary N) is 1. The monoisotopic (exact) mass is 514 g/mol. The molecule has 1 amide bonds. The molecule has 1 heterocycles. The van der Waals surface area contributed by atoms with E-state index in [-0.39, 0.29) is 30.6 Å². The van der Waals surface area contributed by atoms with Crippen LogP contribution in [-0.2, 0) is 17.8 Å². The molecule has 4 aromatic rings. The van der Waals surface area contributed by atoms with Crippen molar-refractivity contribution in [2.45, 2.75) is 59.5 Å². The van der Waals surface area contributed by atoms with Gasteiger partial charge in [0.2, 0.25) is 0 Å². The number of carboxylic acids is 1. The van der Waals surface area contributed by atoms with E-state index in [1.165, 1.54) is 12.1 Å². The summed E-state index contributed by atoms with van der Waals surface area (Å²) in [5.41, 5.74) is 6.17. The Hall–Kier alpha value is -3.93. The molecule has 0 saturated carbocycles. The third-order valence-electron chi connectivity index (χ3n) is 6.77. The molecule has 38 heavy (non-hydrogen) atoms. The van der Waals surface area contributed by atoms with Gasteiger partial charge in [-0.15, -0.1) is 0 Å². The number of aryl methyl sites for hydroxylation is 3. The summed E-state index contributed by atoms with van der Waals surface area (Å²) in [6, 6.07) is 18.4. The van der Waals surface area contributed by atoms with Gasteiger partial charge in [0.25, 0.3) is 5.91 Å². The Morgan fingerprint density at radius 1 is 0.974 bits per heavy atom. The van der Waals surface area contributed by atoms with Crippen LogP contribution < -0.4 is 5.32 Å². The first-order valence-corrected chi connectivity index (χ1v) is 13.1. The topological polar surface area (TPSA) is 71.3 Å². The molecule has 0 bridgehead atoms. The van der Waals surface area contributed by atoms with Crippen LogP contribution in [0.25, 0.3) is 10.9 Å². The van der Waals surface area contributed by atoms with Crippen molar-refractivity contribution in [3.8, 4) is 0 Å². The molecule has 1 aromatic heterocycles. The first-order chi connectivity index (χ1) is 18.1. The summed E-state index contributed by atoms with van der Waals surface area (Å²) in [5.74, 6) is -1.07. The second-order valence-electron chi connectivity index (χ2n) is 10.6. The van der Waals surface area contributed by atoms with Gasteiger partial charge in [0.1, 0.15) is 5.82 Å². The number of carboxylic acid groups (broad SMARTS) is 1. The van der Waals surface area contributed by atoms with Crippen LogP contribution in [0.3, 0.4) is 0 Å². The number of hydrogen-bond donors (Lipinski definition) is 2. The van der Waals surface area contributed by atoms with Crippen molar-refractivity contribution in [2.75, 3.05) is 0 Å². The fourth-order valence-electron chi connectivity index (χ4n) is 5.08. The zero-order chi connectivity index (χ0) is 27.4. The Balaban J connectivity index is 1.67. The van der Waals surface area contributed by atoms with Crippen molar-refractivity contribution >= 4 is 22.8 Å². The third kappa shape index (κ3) is 6.68. The second-order valence-corrected chi connectivity index (χ2v) is 10.6. The number of rotatable bonds is 10. The molecule has 0 fully saturated rings. The molecule has 0 unspecified atom stereocenters. The average molecular weight is 515 g/mol. The summed E-state index contributed by atoms with van der Waals surface area (Å²) in [6.07, 6.45) is 2.88.